The zero-order chi connectivity index (χ0) is 19.5. The van der Waals surface area contributed by atoms with E-state index in [1.165, 1.54) is 0 Å². The number of aliphatic hydroxyl groups excluding tert-OH is 1. The largest absolute Gasteiger partial charge is 0.395 e. The molecule has 6 nitrogen and oxygen atoms in total. The lowest BCUT2D eigenvalue weighted by atomic mass is 10.1. The Morgan fingerprint density at radius 1 is 0.964 bits per heavy atom. The van der Waals surface area contributed by atoms with Crippen molar-refractivity contribution in [2.24, 2.45) is 0 Å². The van der Waals surface area contributed by atoms with Crippen molar-refractivity contribution in [3.05, 3.63) is 77.5 Å². The van der Waals surface area contributed by atoms with Gasteiger partial charge in [0.2, 0.25) is 0 Å². The maximum Gasteiger partial charge on any atom is 0.254 e. The van der Waals surface area contributed by atoms with Crippen LogP contribution in [0.25, 0.3) is 17.2 Å². The predicted molar refractivity (Wildman–Crippen MR) is 110 cm³/mol. The van der Waals surface area contributed by atoms with Crippen LogP contribution in [0.5, 0.6) is 0 Å². The summed E-state index contributed by atoms with van der Waals surface area (Å²) in [7, 11) is 0. The van der Waals surface area contributed by atoms with Gasteiger partial charge in [0, 0.05) is 30.4 Å². The van der Waals surface area contributed by atoms with Gasteiger partial charge in [0.25, 0.3) is 5.78 Å². The number of nitrogens with zero attached hydrogens (tertiary/aromatic N) is 5. The standard InChI is InChI=1S/C22H23N5O/c1-16-7-6-10-19(13-16)21-24-22-23-17(2)14-20(27(22)25-21)26(11-12-28)15-18-8-4-3-5-9-18/h3-10,13-14,28H,11-12,15H2,1-2H3. The first-order valence-electron chi connectivity index (χ1n) is 9.35. The molecule has 0 saturated heterocycles. The molecule has 0 fully saturated rings. The van der Waals surface area contributed by atoms with E-state index in [0.717, 1.165) is 28.2 Å². The Labute approximate surface area is 164 Å². The van der Waals surface area contributed by atoms with E-state index in [2.05, 4.69) is 46.1 Å². The summed E-state index contributed by atoms with van der Waals surface area (Å²) in [4.78, 5) is 11.3. The normalized spacial score (nSPS) is 11.1. The number of aryl methyl sites for hydroxylation is 2. The van der Waals surface area contributed by atoms with Gasteiger partial charge >= 0.3 is 0 Å². The molecule has 0 aliphatic heterocycles. The third-order valence-electron chi connectivity index (χ3n) is 4.61. The summed E-state index contributed by atoms with van der Waals surface area (Å²) in [6.45, 7) is 5.21. The van der Waals surface area contributed by atoms with E-state index in [4.69, 9.17) is 5.10 Å². The fourth-order valence-corrected chi connectivity index (χ4v) is 3.30. The first kappa shape index (κ1) is 18.1. The highest BCUT2D eigenvalue weighted by molar-refractivity contribution is 5.59. The minimum Gasteiger partial charge on any atom is -0.395 e. The summed E-state index contributed by atoms with van der Waals surface area (Å²) in [6.07, 6.45) is 0. The first-order chi connectivity index (χ1) is 13.6. The maximum atomic E-state index is 9.63. The van der Waals surface area contributed by atoms with E-state index in [-0.39, 0.29) is 6.61 Å². The Bertz CT molecular complexity index is 1090. The molecule has 0 radical (unpaired) electrons. The lowest BCUT2D eigenvalue weighted by Gasteiger charge is -2.24. The predicted octanol–water partition coefficient (Wildman–Crippen LogP) is 3.41. The van der Waals surface area contributed by atoms with Gasteiger partial charge in [-0.2, -0.15) is 9.50 Å². The second-order valence-corrected chi connectivity index (χ2v) is 6.90. The van der Waals surface area contributed by atoms with Gasteiger partial charge in [-0.3, -0.25) is 0 Å². The highest BCUT2D eigenvalue weighted by Gasteiger charge is 2.16. The van der Waals surface area contributed by atoms with E-state index in [9.17, 15) is 5.11 Å². The third kappa shape index (κ3) is 3.73. The Kier molecular flexibility index (Phi) is 5.04. The molecular formula is C22H23N5O. The molecule has 0 aliphatic carbocycles. The van der Waals surface area contributed by atoms with Crippen LogP contribution in [0.2, 0.25) is 0 Å². The van der Waals surface area contributed by atoms with Gasteiger partial charge in [0.05, 0.1) is 6.61 Å². The van der Waals surface area contributed by atoms with E-state index in [0.29, 0.717) is 24.7 Å². The van der Waals surface area contributed by atoms with E-state index < -0.39 is 0 Å². The highest BCUT2D eigenvalue weighted by atomic mass is 16.3. The average molecular weight is 373 g/mol. The van der Waals surface area contributed by atoms with E-state index >= 15 is 0 Å². The molecule has 142 valence electrons. The maximum absolute atomic E-state index is 9.63. The topological polar surface area (TPSA) is 66.5 Å². The molecule has 28 heavy (non-hydrogen) atoms. The molecule has 2 aromatic heterocycles. The fourth-order valence-electron chi connectivity index (χ4n) is 3.30. The molecule has 0 amide bonds. The van der Waals surface area contributed by atoms with Crippen molar-refractivity contribution >= 4 is 11.6 Å². The zero-order valence-corrected chi connectivity index (χ0v) is 16.1. The molecule has 0 spiro atoms. The smallest absolute Gasteiger partial charge is 0.254 e. The molecule has 0 unspecified atom stereocenters. The Morgan fingerprint density at radius 3 is 2.54 bits per heavy atom. The first-order valence-corrected chi connectivity index (χ1v) is 9.35. The van der Waals surface area contributed by atoms with Crippen LogP contribution in [-0.4, -0.2) is 37.8 Å². The van der Waals surface area contributed by atoms with Crippen LogP contribution in [0, 0.1) is 13.8 Å². The molecule has 4 rings (SSSR count). The van der Waals surface area contributed by atoms with Gasteiger partial charge < -0.3 is 10.0 Å². The van der Waals surface area contributed by atoms with E-state index in [1.807, 2.05) is 43.3 Å². The molecule has 6 heteroatoms. The van der Waals surface area contributed by atoms with Crippen LogP contribution in [-0.2, 0) is 6.54 Å². The van der Waals surface area contributed by atoms with Crippen molar-refractivity contribution in [1.82, 2.24) is 19.6 Å². The number of anilines is 1. The molecule has 2 aromatic carbocycles. The highest BCUT2D eigenvalue weighted by Crippen LogP contribution is 2.23. The monoisotopic (exact) mass is 373 g/mol. The van der Waals surface area contributed by atoms with Gasteiger partial charge in [-0.05, 0) is 25.5 Å². The summed E-state index contributed by atoms with van der Waals surface area (Å²) in [6, 6.07) is 20.3. The SMILES string of the molecule is Cc1cccc(-c2nc3nc(C)cc(N(CCO)Cc4ccccc4)n3n2)c1. The lowest BCUT2D eigenvalue weighted by molar-refractivity contribution is 0.301. The van der Waals surface area contributed by atoms with E-state index in [1.54, 1.807) is 4.52 Å². The van der Waals surface area contributed by atoms with Crippen LogP contribution < -0.4 is 4.90 Å². The van der Waals surface area contributed by atoms with Crippen LogP contribution in [0.15, 0.2) is 60.7 Å². The number of hydrogen-bond acceptors (Lipinski definition) is 5. The molecule has 4 aromatic rings. The molecular weight excluding hydrogens is 350 g/mol. The minimum absolute atomic E-state index is 0.0507. The summed E-state index contributed by atoms with van der Waals surface area (Å²) < 4.78 is 1.77. The van der Waals surface area contributed by atoms with Crippen LogP contribution >= 0.6 is 0 Å². The number of aliphatic hydroxyl groups is 1. The Morgan fingerprint density at radius 2 is 1.79 bits per heavy atom. The summed E-state index contributed by atoms with van der Waals surface area (Å²) in [5.41, 5.74) is 4.15. The van der Waals surface area contributed by atoms with Gasteiger partial charge in [-0.1, -0.05) is 54.1 Å². The molecule has 0 saturated carbocycles. The molecule has 0 bridgehead atoms. The van der Waals surface area contributed by atoms with Crippen LogP contribution in [0.4, 0.5) is 5.82 Å². The van der Waals surface area contributed by atoms with Gasteiger partial charge in [0.15, 0.2) is 5.82 Å². The second kappa shape index (κ2) is 7.78. The van der Waals surface area contributed by atoms with Gasteiger partial charge in [0.1, 0.15) is 5.82 Å². The number of hydrogen-bond donors (Lipinski definition) is 1. The van der Waals surface area contributed by atoms with Crippen molar-refractivity contribution in [3.8, 4) is 11.4 Å². The third-order valence-corrected chi connectivity index (χ3v) is 4.61. The second-order valence-electron chi connectivity index (χ2n) is 6.90. The Balaban J connectivity index is 1.80. The minimum atomic E-state index is 0.0507. The van der Waals surface area contributed by atoms with Crippen molar-refractivity contribution < 1.29 is 5.11 Å². The van der Waals surface area contributed by atoms with Crippen LogP contribution in [0.3, 0.4) is 0 Å². The number of aromatic nitrogens is 4. The lowest BCUT2D eigenvalue weighted by Crippen LogP contribution is -2.28. The summed E-state index contributed by atoms with van der Waals surface area (Å²) >= 11 is 0. The van der Waals surface area contributed by atoms with Crippen molar-refractivity contribution in [2.75, 3.05) is 18.1 Å². The van der Waals surface area contributed by atoms with Crippen molar-refractivity contribution in [1.29, 1.82) is 0 Å². The summed E-state index contributed by atoms with van der Waals surface area (Å²) in [5.74, 6) is 2.07. The number of benzene rings is 2. The summed E-state index contributed by atoms with van der Waals surface area (Å²) in [5, 5.41) is 14.4. The molecule has 0 atom stereocenters. The van der Waals surface area contributed by atoms with Gasteiger partial charge in [-0.25, -0.2) is 4.98 Å². The number of fused-ring (bicyclic) bond motifs is 1. The zero-order valence-electron chi connectivity index (χ0n) is 16.1. The van der Waals surface area contributed by atoms with Crippen LogP contribution in [0.1, 0.15) is 16.8 Å². The molecule has 1 N–H and O–H groups in total. The van der Waals surface area contributed by atoms with Gasteiger partial charge in [-0.15, -0.1) is 5.10 Å². The van der Waals surface area contributed by atoms with Crippen molar-refractivity contribution in [3.63, 3.8) is 0 Å². The van der Waals surface area contributed by atoms with Crippen molar-refractivity contribution in [2.45, 2.75) is 20.4 Å². The fraction of sp³-hybridized carbons (Fsp3) is 0.227. The quantitative estimate of drug-likeness (QED) is 0.561. The molecule has 0 aliphatic rings. The Hall–Kier alpha value is -3.25. The number of rotatable bonds is 6. The molecule has 2 heterocycles. The average Bonchev–Trinajstić information content (AvgIpc) is 3.12.